The minimum absolute atomic E-state index is 0.126. The number of pyridine rings is 1. The van der Waals surface area contributed by atoms with Crippen LogP contribution in [0.5, 0.6) is 0 Å². The molecular formula is C25H28N4O2. The summed E-state index contributed by atoms with van der Waals surface area (Å²) in [6.45, 7) is 6.77. The van der Waals surface area contributed by atoms with Crippen molar-refractivity contribution in [3.63, 3.8) is 0 Å². The Hall–Kier alpha value is -3.12. The zero-order valence-electron chi connectivity index (χ0n) is 17.9. The second kappa shape index (κ2) is 8.19. The van der Waals surface area contributed by atoms with E-state index in [4.69, 9.17) is 10.5 Å². The summed E-state index contributed by atoms with van der Waals surface area (Å²) in [5.41, 5.74) is 12.0. The van der Waals surface area contributed by atoms with Crippen molar-refractivity contribution in [1.82, 2.24) is 9.88 Å². The minimum Gasteiger partial charge on any atom is -0.382 e. The number of morpholine rings is 1. The van der Waals surface area contributed by atoms with Crippen molar-refractivity contribution in [3.05, 3.63) is 53.6 Å². The number of aryl methyl sites for hydroxylation is 1. The molecule has 0 bridgehead atoms. The maximum Gasteiger partial charge on any atom is 0.254 e. The van der Waals surface area contributed by atoms with Crippen molar-refractivity contribution in [2.24, 2.45) is 0 Å². The van der Waals surface area contributed by atoms with Gasteiger partial charge in [-0.25, -0.2) is 4.98 Å². The van der Waals surface area contributed by atoms with Crippen LogP contribution < -0.4 is 10.6 Å². The standard InChI is InChI=1S/C25H28N4O2/c1-17-5-4-6-20(25(30)29-9-2-3-10-29)23(17)18-7-8-21-19(15-18)16-22(24(26)27-21)28-11-13-31-14-12-28/h4-8,15-16H,2-3,9-14H2,1H3,(H2,26,27). The van der Waals surface area contributed by atoms with Crippen molar-refractivity contribution in [3.8, 4) is 11.1 Å². The van der Waals surface area contributed by atoms with Crippen LogP contribution in [0.4, 0.5) is 11.5 Å². The maximum absolute atomic E-state index is 13.2. The second-order valence-corrected chi connectivity index (χ2v) is 8.40. The number of nitrogens with zero attached hydrogens (tertiary/aromatic N) is 3. The monoisotopic (exact) mass is 416 g/mol. The molecule has 2 aromatic carbocycles. The van der Waals surface area contributed by atoms with Crippen LogP contribution >= 0.6 is 0 Å². The van der Waals surface area contributed by atoms with Crippen LogP contribution in [0.25, 0.3) is 22.0 Å². The molecule has 0 aliphatic carbocycles. The summed E-state index contributed by atoms with van der Waals surface area (Å²) in [6.07, 6.45) is 2.17. The van der Waals surface area contributed by atoms with Crippen LogP contribution in [0, 0.1) is 6.92 Å². The van der Waals surface area contributed by atoms with Crippen LogP contribution in [-0.4, -0.2) is 55.2 Å². The van der Waals surface area contributed by atoms with Crippen LogP contribution in [-0.2, 0) is 4.74 Å². The van der Waals surface area contributed by atoms with Crippen molar-refractivity contribution >= 4 is 28.3 Å². The first kappa shape index (κ1) is 19.8. The number of carbonyl (C=O) groups is 1. The van der Waals surface area contributed by atoms with E-state index < -0.39 is 0 Å². The lowest BCUT2D eigenvalue weighted by Gasteiger charge is -2.29. The van der Waals surface area contributed by atoms with Gasteiger partial charge in [-0.15, -0.1) is 0 Å². The Morgan fingerprint density at radius 3 is 2.58 bits per heavy atom. The molecule has 2 aliphatic heterocycles. The summed E-state index contributed by atoms with van der Waals surface area (Å²) in [6, 6.07) is 14.3. The highest BCUT2D eigenvalue weighted by Gasteiger charge is 2.23. The average Bonchev–Trinajstić information content (AvgIpc) is 3.33. The Balaban J connectivity index is 1.59. The van der Waals surface area contributed by atoms with E-state index in [-0.39, 0.29) is 5.91 Å². The molecule has 2 saturated heterocycles. The molecule has 6 heteroatoms. The van der Waals surface area contributed by atoms with Gasteiger partial charge in [0.05, 0.1) is 24.4 Å². The number of fused-ring (bicyclic) bond motifs is 1. The molecular weight excluding hydrogens is 388 g/mol. The topological polar surface area (TPSA) is 71.7 Å². The average molecular weight is 417 g/mol. The lowest BCUT2D eigenvalue weighted by atomic mass is 9.93. The van der Waals surface area contributed by atoms with Gasteiger partial charge in [-0.05, 0) is 60.7 Å². The Labute approximate surface area is 182 Å². The van der Waals surface area contributed by atoms with Crippen molar-refractivity contribution in [2.45, 2.75) is 19.8 Å². The minimum atomic E-state index is 0.126. The molecule has 0 spiro atoms. The molecule has 160 valence electrons. The van der Waals surface area contributed by atoms with Crippen LogP contribution in [0.15, 0.2) is 42.5 Å². The number of amides is 1. The number of aromatic nitrogens is 1. The van der Waals surface area contributed by atoms with E-state index >= 15 is 0 Å². The molecule has 3 aromatic rings. The number of anilines is 2. The Morgan fingerprint density at radius 2 is 1.81 bits per heavy atom. The van der Waals surface area contributed by atoms with E-state index in [1.165, 1.54) is 0 Å². The number of rotatable bonds is 3. The smallest absolute Gasteiger partial charge is 0.254 e. The number of benzene rings is 2. The molecule has 6 nitrogen and oxygen atoms in total. The van der Waals surface area contributed by atoms with E-state index in [1.807, 2.05) is 29.2 Å². The maximum atomic E-state index is 13.2. The third-order valence-corrected chi connectivity index (χ3v) is 6.36. The quantitative estimate of drug-likeness (QED) is 0.702. The lowest BCUT2D eigenvalue weighted by molar-refractivity contribution is 0.0793. The Bertz CT molecular complexity index is 1130. The fraction of sp³-hybridized carbons (Fsp3) is 0.360. The fourth-order valence-corrected chi connectivity index (χ4v) is 4.71. The van der Waals surface area contributed by atoms with Gasteiger partial charge in [-0.3, -0.25) is 4.79 Å². The lowest BCUT2D eigenvalue weighted by Crippen LogP contribution is -2.36. The molecule has 3 heterocycles. The van der Waals surface area contributed by atoms with E-state index in [2.05, 4.69) is 35.0 Å². The predicted molar refractivity (Wildman–Crippen MR) is 124 cm³/mol. The summed E-state index contributed by atoms with van der Waals surface area (Å²) in [4.78, 5) is 22.1. The molecule has 1 amide bonds. The summed E-state index contributed by atoms with van der Waals surface area (Å²) in [5, 5.41) is 1.02. The zero-order chi connectivity index (χ0) is 21.4. The van der Waals surface area contributed by atoms with Crippen molar-refractivity contribution < 1.29 is 9.53 Å². The first-order valence-electron chi connectivity index (χ1n) is 11.0. The van der Waals surface area contributed by atoms with Gasteiger partial charge in [-0.1, -0.05) is 18.2 Å². The molecule has 31 heavy (non-hydrogen) atoms. The summed E-state index contributed by atoms with van der Waals surface area (Å²) < 4.78 is 5.48. The third kappa shape index (κ3) is 3.72. The number of nitrogen functional groups attached to an aromatic ring is 1. The molecule has 0 unspecified atom stereocenters. The molecule has 2 fully saturated rings. The van der Waals surface area contributed by atoms with Gasteiger partial charge in [0.15, 0.2) is 0 Å². The van der Waals surface area contributed by atoms with Gasteiger partial charge in [0.25, 0.3) is 5.91 Å². The summed E-state index contributed by atoms with van der Waals surface area (Å²) >= 11 is 0. The summed E-state index contributed by atoms with van der Waals surface area (Å²) in [5.74, 6) is 0.670. The molecule has 2 N–H and O–H groups in total. The molecule has 0 saturated carbocycles. The normalized spacial score (nSPS) is 16.8. The van der Waals surface area contributed by atoms with Crippen molar-refractivity contribution in [1.29, 1.82) is 0 Å². The fourth-order valence-electron chi connectivity index (χ4n) is 4.71. The molecule has 5 rings (SSSR count). The molecule has 2 aliphatic rings. The van der Waals surface area contributed by atoms with E-state index in [9.17, 15) is 4.79 Å². The Morgan fingerprint density at radius 1 is 1.03 bits per heavy atom. The van der Waals surface area contributed by atoms with Gasteiger partial charge in [-0.2, -0.15) is 0 Å². The zero-order valence-corrected chi connectivity index (χ0v) is 17.9. The Kier molecular flexibility index (Phi) is 5.24. The van der Waals surface area contributed by atoms with Gasteiger partial charge < -0.3 is 20.3 Å². The number of nitrogens with two attached hydrogens (primary N) is 1. The van der Waals surface area contributed by atoms with E-state index in [0.717, 1.165) is 77.9 Å². The van der Waals surface area contributed by atoms with E-state index in [1.54, 1.807) is 0 Å². The first-order valence-corrected chi connectivity index (χ1v) is 11.0. The highest BCUT2D eigenvalue weighted by Crippen LogP contribution is 2.34. The molecule has 0 atom stereocenters. The van der Waals surface area contributed by atoms with Crippen molar-refractivity contribution in [2.75, 3.05) is 50.0 Å². The van der Waals surface area contributed by atoms with Crippen LogP contribution in [0.1, 0.15) is 28.8 Å². The van der Waals surface area contributed by atoms with E-state index in [0.29, 0.717) is 19.0 Å². The molecule has 0 radical (unpaired) electrons. The number of carbonyl (C=O) groups excluding carboxylic acids is 1. The number of hydrogen-bond donors (Lipinski definition) is 1. The van der Waals surface area contributed by atoms with Crippen LogP contribution in [0.3, 0.4) is 0 Å². The third-order valence-electron chi connectivity index (χ3n) is 6.36. The highest BCUT2D eigenvalue weighted by molar-refractivity contribution is 6.03. The van der Waals surface area contributed by atoms with Gasteiger partial charge in [0.2, 0.25) is 0 Å². The first-order chi connectivity index (χ1) is 15.1. The largest absolute Gasteiger partial charge is 0.382 e. The molecule has 1 aromatic heterocycles. The predicted octanol–water partition coefficient (Wildman–Crippen LogP) is 3.87. The van der Waals surface area contributed by atoms with Crippen LogP contribution in [0.2, 0.25) is 0 Å². The number of likely N-dealkylation sites (tertiary alicyclic amines) is 1. The van der Waals surface area contributed by atoms with Gasteiger partial charge >= 0.3 is 0 Å². The number of hydrogen-bond acceptors (Lipinski definition) is 5. The van der Waals surface area contributed by atoms with Gasteiger partial charge in [0, 0.05) is 37.1 Å². The number of ether oxygens (including phenoxy) is 1. The second-order valence-electron chi connectivity index (χ2n) is 8.40. The van der Waals surface area contributed by atoms with Gasteiger partial charge in [0.1, 0.15) is 5.82 Å². The highest BCUT2D eigenvalue weighted by atomic mass is 16.5. The summed E-state index contributed by atoms with van der Waals surface area (Å²) in [7, 11) is 0. The SMILES string of the molecule is Cc1cccc(C(=O)N2CCCC2)c1-c1ccc2nc(N)c(N3CCOCC3)cc2c1.